The molecule has 0 fully saturated rings. The number of carbonyl (C=O) groups excluding carboxylic acids is 1. The third-order valence-electron chi connectivity index (χ3n) is 2.84. The largest absolute Gasteiger partial charge is 0.463 e. The first-order chi connectivity index (χ1) is 10.4. The monoisotopic (exact) mass is 323 g/mol. The lowest BCUT2D eigenvalue weighted by atomic mass is 10.2. The molecule has 0 bridgehead atoms. The number of nitrogens with zero attached hydrogens (tertiary/aromatic N) is 1. The normalized spacial score (nSPS) is 11.8. The second-order valence-corrected chi connectivity index (χ2v) is 6.52. The highest BCUT2D eigenvalue weighted by molar-refractivity contribution is 7.89. The Morgan fingerprint density at radius 1 is 1.27 bits per heavy atom. The lowest BCUT2D eigenvalue weighted by Crippen LogP contribution is -2.31. The molecule has 0 N–H and O–H groups in total. The fourth-order valence-electron chi connectivity index (χ4n) is 1.73. The van der Waals surface area contributed by atoms with E-state index >= 15 is 0 Å². The summed E-state index contributed by atoms with van der Waals surface area (Å²) in [5.74, 6) is -0.492. The van der Waals surface area contributed by atoms with Crippen LogP contribution in [0.2, 0.25) is 0 Å². The van der Waals surface area contributed by atoms with E-state index in [0.29, 0.717) is 0 Å². The van der Waals surface area contributed by atoms with Gasteiger partial charge in [0.2, 0.25) is 10.0 Å². The maximum Gasteiger partial charge on any atom is 0.330 e. The molecule has 1 aromatic carbocycles. The molecule has 0 aliphatic carbocycles. The van der Waals surface area contributed by atoms with Crippen LogP contribution in [0.5, 0.6) is 0 Å². The van der Waals surface area contributed by atoms with Crippen molar-refractivity contribution in [2.45, 2.75) is 18.7 Å². The summed E-state index contributed by atoms with van der Waals surface area (Å²) in [5, 5.41) is 0. The Morgan fingerprint density at radius 2 is 1.91 bits per heavy atom. The minimum absolute atomic E-state index is 0.0705. The molecule has 6 heteroatoms. The van der Waals surface area contributed by atoms with Gasteiger partial charge in [-0.25, -0.2) is 13.2 Å². The van der Waals surface area contributed by atoms with Gasteiger partial charge in [0.15, 0.2) is 0 Å². The van der Waals surface area contributed by atoms with Crippen molar-refractivity contribution in [1.29, 1.82) is 0 Å². The van der Waals surface area contributed by atoms with Gasteiger partial charge in [0.25, 0.3) is 0 Å². The molecule has 0 aliphatic rings. The van der Waals surface area contributed by atoms with Gasteiger partial charge in [0.1, 0.15) is 0 Å². The van der Waals surface area contributed by atoms with Crippen LogP contribution in [0.4, 0.5) is 0 Å². The summed E-state index contributed by atoms with van der Waals surface area (Å²) in [6.45, 7) is 7.67. The molecule has 22 heavy (non-hydrogen) atoms. The molecule has 1 aromatic rings. The molecule has 120 valence electrons. The smallest absolute Gasteiger partial charge is 0.330 e. The quantitative estimate of drug-likeness (QED) is 0.418. The van der Waals surface area contributed by atoms with Gasteiger partial charge in [0, 0.05) is 19.2 Å². The van der Waals surface area contributed by atoms with Gasteiger partial charge < -0.3 is 4.74 Å². The molecular formula is C16H21NO4S. The van der Waals surface area contributed by atoms with Crippen LogP contribution in [0.1, 0.15) is 12.5 Å². The molecule has 0 saturated heterocycles. The number of carbonyl (C=O) groups is 1. The number of ether oxygens (including phenoxy) is 1. The Balaban J connectivity index is 2.91. The second-order valence-electron chi connectivity index (χ2n) is 4.58. The summed E-state index contributed by atoms with van der Waals surface area (Å²) in [4.78, 5) is 11.5. The summed E-state index contributed by atoms with van der Waals surface area (Å²) in [5.41, 5.74) is 0.983. The zero-order chi connectivity index (χ0) is 16.6. The van der Waals surface area contributed by atoms with Crippen molar-refractivity contribution < 1.29 is 17.9 Å². The fourth-order valence-corrected chi connectivity index (χ4v) is 3.09. The van der Waals surface area contributed by atoms with E-state index in [9.17, 15) is 13.2 Å². The van der Waals surface area contributed by atoms with Gasteiger partial charge in [-0.3, -0.25) is 0 Å². The number of hydrogen-bond donors (Lipinski definition) is 0. The van der Waals surface area contributed by atoms with Crippen LogP contribution in [0.15, 0.2) is 54.0 Å². The zero-order valence-electron chi connectivity index (χ0n) is 12.9. The Bertz CT molecular complexity index is 633. The number of rotatable bonds is 8. The van der Waals surface area contributed by atoms with Crippen molar-refractivity contribution in [2.24, 2.45) is 0 Å². The van der Waals surface area contributed by atoms with Gasteiger partial charge >= 0.3 is 5.97 Å². The zero-order valence-corrected chi connectivity index (χ0v) is 13.7. The average molecular weight is 323 g/mol. The van der Waals surface area contributed by atoms with Gasteiger partial charge in [0.05, 0.1) is 11.5 Å². The summed E-state index contributed by atoms with van der Waals surface area (Å²) < 4.78 is 31.1. The first-order valence-corrected chi connectivity index (χ1v) is 8.36. The first-order valence-electron chi connectivity index (χ1n) is 6.92. The van der Waals surface area contributed by atoms with E-state index in [4.69, 9.17) is 4.74 Å². The Kier molecular flexibility index (Phi) is 7.01. The SMILES string of the molecule is C=CCN(C/C=C/C(=O)OCC)S(=O)(=O)c1ccc(C)cc1. The van der Waals surface area contributed by atoms with Crippen molar-refractivity contribution in [1.82, 2.24) is 4.31 Å². The number of hydrogen-bond acceptors (Lipinski definition) is 4. The van der Waals surface area contributed by atoms with E-state index in [1.54, 1.807) is 31.2 Å². The maximum absolute atomic E-state index is 12.6. The minimum Gasteiger partial charge on any atom is -0.463 e. The summed E-state index contributed by atoms with van der Waals surface area (Å²) in [6, 6.07) is 6.62. The van der Waals surface area contributed by atoms with E-state index in [1.807, 2.05) is 6.92 Å². The lowest BCUT2D eigenvalue weighted by Gasteiger charge is -2.19. The molecule has 0 saturated carbocycles. The lowest BCUT2D eigenvalue weighted by molar-refractivity contribution is -0.137. The molecule has 1 rings (SSSR count). The van der Waals surface area contributed by atoms with E-state index in [1.165, 1.54) is 22.5 Å². The predicted octanol–water partition coefficient (Wildman–Crippen LogP) is 2.29. The third kappa shape index (κ3) is 5.13. The molecule has 0 aliphatic heterocycles. The van der Waals surface area contributed by atoms with Gasteiger partial charge in [-0.2, -0.15) is 4.31 Å². The maximum atomic E-state index is 12.6. The first kappa shape index (κ1) is 18.1. The van der Waals surface area contributed by atoms with E-state index in [2.05, 4.69) is 6.58 Å². The fraction of sp³-hybridized carbons (Fsp3) is 0.312. The molecule has 0 spiro atoms. The van der Waals surface area contributed by atoms with Crippen LogP contribution in [-0.4, -0.2) is 38.4 Å². The average Bonchev–Trinajstić information content (AvgIpc) is 2.47. The topological polar surface area (TPSA) is 63.7 Å². The van der Waals surface area contributed by atoms with Crippen LogP contribution < -0.4 is 0 Å². The van der Waals surface area contributed by atoms with E-state index in [0.717, 1.165) is 5.56 Å². The van der Waals surface area contributed by atoms with Crippen molar-refractivity contribution in [2.75, 3.05) is 19.7 Å². The minimum atomic E-state index is -3.63. The number of sulfonamides is 1. The molecule has 0 aromatic heterocycles. The van der Waals surface area contributed by atoms with Crippen molar-refractivity contribution in [3.63, 3.8) is 0 Å². The summed E-state index contributed by atoms with van der Waals surface area (Å²) in [7, 11) is -3.63. The Labute approximate surface area is 131 Å². The second kappa shape index (κ2) is 8.51. The molecule has 0 amide bonds. The highest BCUT2D eigenvalue weighted by Gasteiger charge is 2.22. The van der Waals surface area contributed by atoms with Gasteiger partial charge in [-0.15, -0.1) is 6.58 Å². The molecular weight excluding hydrogens is 302 g/mol. The number of aryl methyl sites for hydroxylation is 1. The molecule has 5 nitrogen and oxygen atoms in total. The summed E-state index contributed by atoms with van der Waals surface area (Å²) >= 11 is 0. The van der Waals surface area contributed by atoms with Crippen molar-refractivity contribution in [3.8, 4) is 0 Å². The Morgan fingerprint density at radius 3 is 2.45 bits per heavy atom. The van der Waals surface area contributed by atoms with Crippen LogP contribution in [0.25, 0.3) is 0 Å². The van der Waals surface area contributed by atoms with Crippen LogP contribution in [-0.2, 0) is 19.6 Å². The molecule has 0 atom stereocenters. The predicted molar refractivity (Wildman–Crippen MR) is 85.9 cm³/mol. The number of benzene rings is 1. The van der Waals surface area contributed by atoms with Gasteiger partial charge in [-0.1, -0.05) is 29.8 Å². The Hall–Kier alpha value is -1.92. The highest BCUT2D eigenvalue weighted by Crippen LogP contribution is 2.16. The third-order valence-corrected chi connectivity index (χ3v) is 4.69. The van der Waals surface area contributed by atoms with Crippen LogP contribution in [0, 0.1) is 6.92 Å². The van der Waals surface area contributed by atoms with E-state index < -0.39 is 16.0 Å². The van der Waals surface area contributed by atoms with Crippen molar-refractivity contribution in [3.05, 3.63) is 54.6 Å². The van der Waals surface area contributed by atoms with Crippen LogP contribution in [0.3, 0.4) is 0 Å². The highest BCUT2D eigenvalue weighted by atomic mass is 32.2. The van der Waals surface area contributed by atoms with Crippen molar-refractivity contribution >= 4 is 16.0 Å². The van der Waals surface area contributed by atoms with Crippen LogP contribution >= 0.6 is 0 Å². The molecule has 0 unspecified atom stereocenters. The number of esters is 1. The van der Waals surface area contributed by atoms with E-state index in [-0.39, 0.29) is 24.6 Å². The molecule has 0 heterocycles. The standard InChI is InChI=1S/C16H21NO4S/c1-4-12-17(13-6-7-16(18)21-5-2)22(19,20)15-10-8-14(3)9-11-15/h4,6-11H,1,5,12-13H2,2-3H3/b7-6+. The van der Waals surface area contributed by atoms with Gasteiger partial charge in [-0.05, 0) is 26.0 Å². The summed E-state index contributed by atoms with van der Waals surface area (Å²) in [6.07, 6.45) is 4.20. The molecule has 0 radical (unpaired) electrons.